The fourth-order valence-corrected chi connectivity index (χ4v) is 2.43. The van der Waals surface area contributed by atoms with Crippen LogP contribution in [0.5, 0.6) is 5.75 Å². The summed E-state index contributed by atoms with van der Waals surface area (Å²) >= 11 is 0. The van der Waals surface area contributed by atoms with Crippen LogP contribution in [-0.4, -0.2) is 55.6 Å². The predicted molar refractivity (Wildman–Crippen MR) is 74.4 cm³/mol. The molecular formula is C15H22FNO3. The lowest BCUT2D eigenvalue weighted by Crippen LogP contribution is -2.42. The van der Waals surface area contributed by atoms with Crippen LogP contribution in [0.25, 0.3) is 0 Å². The predicted octanol–water partition coefficient (Wildman–Crippen LogP) is 1.68. The average Bonchev–Trinajstić information content (AvgIpc) is 2.47. The van der Waals surface area contributed by atoms with Crippen LogP contribution in [0.4, 0.5) is 4.39 Å². The van der Waals surface area contributed by atoms with Gasteiger partial charge in [0.2, 0.25) is 0 Å². The highest BCUT2D eigenvalue weighted by Gasteiger charge is 2.20. The van der Waals surface area contributed by atoms with Crippen molar-refractivity contribution in [2.24, 2.45) is 0 Å². The monoisotopic (exact) mass is 283 g/mol. The minimum atomic E-state index is -0.617. The number of piperidine rings is 1. The molecule has 20 heavy (non-hydrogen) atoms. The molecule has 1 aromatic rings. The summed E-state index contributed by atoms with van der Waals surface area (Å²) in [5, 5.41) is 9.96. The summed E-state index contributed by atoms with van der Waals surface area (Å²) in [5.74, 6) is -0.217. The summed E-state index contributed by atoms with van der Waals surface area (Å²) in [7, 11) is 1.73. The van der Waals surface area contributed by atoms with Crippen LogP contribution in [0, 0.1) is 5.82 Å². The standard InChI is InChI=1S/C15H22FNO3/c1-19-13-6-8-17(9-7-13)10-12(18)11-20-15-5-3-2-4-14(15)16/h2-5,12-13,18H,6-11H2,1H3. The van der Waals surface area contributed by atoms with E-state index in [1.807, 2.05) is 0 Å². The van der Waals surface area contributed by atoms with Gasteiger partial charge in [-0.25, -0.2) is 4.39 Å². The molecule has 0 radical (unpaired) electrons. The number of halogens is 1. The first kappa shape index (κ1) is 15.2. The van der Waals surface area contributed by atoms with Crippen molar-refractivity contribution in [2.45, 2.75) is 25.0 Å². The van der Waals surface area contributed by atoms with Gasteiger partial charge in [-0.3, -0.25) is 0 Å². The molecule has 1 aromatic carbocycles. The van der Waals surface area contributed by atoms with Crippen LogP contribution in [0.2, 0.25) is 0 Å². The molecule has 1 unspecified atom stereocenters. The highest BCUT2D eigenvalue weighted by Crippen LogP contribution is 2.16. The lowest BCUT2D eigenvalue weighted by Gasteiger charge is -2.32. The fourth-order valence-electron chi connectivity index (χ4n) is 2.43. The number of hydrogen-bond acceptors (Lipinski definition) is 4. The van der Waals surface area contributed by atoms with Crippen molar-refractivity contribution in [3.63, 3.8) is 0 Å². The lowest BCUT2D eigenvalue weighted by molar-refractivity contribution is 0.0150. The van der Waals surface area contributed by atoms with Gasteiger partial charge < -0.3 is 19.5 Å². The van der Waals surface area contributed by atoms with Gasteiger partial charge in [-0.05, 0) is 25.0 Å². The van der Waals surface area contributed by atoms with Gasteiger partial charge >= 0.3 is 0 Å². The minimum absolute atomic E-state index is 0.102. The summed E-state index contributed by atoms with van der Waals surface area (Å²) in [6.45, 7) is 2.47. The molecule has 0 spiro atoms. The molecule has 2 rings (SSSR count). The van der Waals surface area contributed by atoms with Gasteiger partial charge in [0.1, 0.15) is 12.7 Å². The first-order chi connectivity index (χ1) is 9.69. The first-order valence-electron chi connectivity index (χ1n) is 6.99. The number of likely N-dealkylation sites (tertiary alicyclic amines) is 1. The molecule has 1 aliphatic rings. The molecule has 4 nitrogen and oxygen atoms in total. The Balaban J connectivity index is 1.71. The molecule has 1 heterocycles. The van der Waals surface area contributed by atoms with Crippen molar-refractivity contribution < 1.29 is 19.0 Å². The van der Waals surface area contributed by atoms with Crippen LogP contribution >= 0.6 is 0 Å². The zero-order chi connectivity index (χ0) is 14.4. The Morgan fingerprint density at radius 1 is 1.35 bits per heavy atom. The topological polar surface area (TPSA) is 41.9 Å². The Morgan fingerprint density at radius 3 is 2.70 bits per heavy atom. The Labute approximate surface area is 119 Å². The van der Waals surface area contributed by atoms with Crippen molar-refractivity contribution >= 4 is 0 Å². The third-order valence-corrected chi connectivity index (χ3v) is 3.60. The smallest absolute Gasteiger partial charge is 0.165 e. The molecule has 1 aliphatic heterocycles. The maximum absolute atomic E-state index is 13.3. The Morgan fingerprint density at radius 2 is 2.05 bits per heavy atom. The molecule has 0 saturated carbocycles. The highest BCUT2D eigenvalue weighted by molar-refractivity contribution is 5.23. The van der Waals surface area contributed by atoms with E-state index < -0.39 is 11.9 Å². The molecule has 1 fully saturated rings. The van der Waals surface area contributed by atoms with Crippen LogP contribution in [0.1, 0.15) is 12.8 Å². The molecule has 5 heteroatoms. The number of methoxy groups -OCH3 is 1. The van der Waals surface area contributed by atoms with Gasteiger partial charge in [-0.1, -0.05) is 12.1 Å². The zero-order valence-corrected chi connectivity index (χ0v) is 11.8. The largest absolute Gasteiger partial charge is 0.488 e. The van der Waals surface area contributed by atoms with Gasteiger partial charge in [-0.2, -0.15) is 0 Å². The van der Waals surface area contributed by atoms with E-state index in [9.17, 15) is 9.50 Å². The van der Waals surface area contributed by atoms with E-state index in [2.05, 4.69) is 4.90 Å². The number of para-hydroxylation sites is 1. The highest BCUT2D eigenvalue weighted by atomic mass is 19.1. The van der Waals surface area contributed by atoms with E-state index in [1.54, 1.807) is 25.3 Å². The van der Waals surface area contributed by atoms with Crippen molar-refractivity contribution in [3.8, 4) is 5.75 Å². The lowest BCUT2D eigenvalue weighted by atomic mass is 10.1. The molecule has 1 saturated heterocycles. The van der Waals surface area contributed by atoms with Crippen molar-refractivity contribution in [1.29, 1.82) is 0 Å². The normalized spacial score (nSPS) is 18.9. The zero-order valence-electron chi connectivity index (χ0n) is 11.8. The molecule has 0 amide bonds. The number of ether oxygens (including phenoxy) is 2. The molecule has 0 aromatic heterocycles. The number of hydrogen-bond donors (Lipinski definition) is 1. The van der Waals surface area contributed by atoms with Crippen LogP contribution < -0.4 is 4.74 Å². The number of benzene rings is 1. The molecular weight excluding hydrogens is 261 g/mol. The van der Waals surface area contributed by atoms with Gasteiger partial charge in [0.25, 0.3) is 0 Å². The number of nitrogens with zero attached hydrogens (tertiary/aromatic N) is 1. The summed E-state index contributed by atoms with van der Waals surface area (Å²) in [4.78, 5) is 2.19. The fraction of sp³-hybridized carbons (Fsp3) is 0.600. The van der Waals surface area contributed by atoms with Crippen LogP contribution in [0.3, 0.4) is 0 Å². The van der Waals surface area contributed by atoms with Crippen molar-refractivity contribution in [1.82, 2.24) is 4.90 Å². The summed E-state index contributed by atoms with van der Waals surface area (Å²) in [6.07, 6.45) is 1.68. The summed E-state index contributed by atoms with van der Waals surface area (Å²) in [5.41, 5.74) is 0. The maximum atomic E-state index is 13.3. The number of aliphatic hydroxyl groups excluding tert-OH is 1. The van der Waals surface area contributed by atoms with E-state index in [1.165, 1.54) is 6.07 Å². The molecule has 1 N–H and O–H groups in total. The van der Waals surface area contributed by atoms with Gasteiger partial charge in [-0.15, -0.1) is 0 Å². The average molecular weight is 283 g/mol. The van der Waals surface area contributed by atoms with Gasteiger partial charge in [0.15, 0.2) is 11.6 Å². The third-order valence-electron chi connectivity index (χ3n) is 3.60. The molecule has 112 valence electrons. The molecule has 0 aliphatic carbocycles. The van der Waals surface area contributed by atoms with Crippen LogP contribution in [-0.2, 0) is 4.74 Å². The number of aliphatic hydroxyl groups is 1. The van der Waals surface area contributed by atoms with E-state index >= 15 is 0 Å². The summed E-state index contributed by atoms with van der Waals surface area (Å²) in [6, 6.07) is 6.22. The molecule has 0 bridgehead atoms. The van der Waals surface area contributed by atoms with Gasteiger partial charge in [0, 0.05) is 26.7 Å². The quantitative estimate of drug-likeness (QED) is 0.862. The van der Waals surface area contributed by atoms with E-state index in [-0.39, 0.29) is 12.4 Å². The second-order valence-corrected chi connectivity index (χ2v) is 5.13. The first-order valence-corrected chi connectivity index (χ1v) is 6.99. The van der Waals surface area contributed by atoms with E-state index in [4.69, 9.17) is 9.47 Å². The van der Waals surface area contributed by atoms with Crippen LogP contribution in [0.15, 0.2) is 24.3 Å². The second kappa shape index (κ2) is 7.57. The number of β-amino-alcohol motifs (C(OH)–C–C–N with tert-alkyl or cyclic N) is 1. The molecule has 1 atom stereocenters. The van der Waals surface area contributed by atoms with E-state index in [0.29, 0.717) is 12.6 Å². The van der Waals surface area contributed by atoms with Crippen molar-refractivity contribution in [2.75, 3.05) is 33.4 Å². The third kappa shape index (κ3) is 4.44. The van der Waals surface area contributed by atoms with E-state index in [0.717, 1.165) is 25.9 Å². The Hall–Kier alpha value is -1.17. The summed E-state index contributed by atoms with van der Waals surface area (Å²) < 4.78 is 24.0. The Bertz CT molecular complexity index is 408. The van der Waals surface area contributed by atoms with Gasteiger partial charge in [0.05, 0.1) is 6.10 Å². The number of rotatable bonds is 6. The van der Waals surface area contributed by atoms with Crippen molar-refractivity contribution in [3.05, 3.63) is 30.1 Å². The Kier molecular flexibility index (Phi) is 5.76. The second-order valence-electron chi connectivity index (χ2n) is 5.13. The maximum Gasteiger partial charge on any atom is 0.165 e. The minimum Gasteiger partial charge on any atom is -0.488 e. The SMILES string of the molecule is COC1CCN(CC(O)COc2ccccc2F)CC1.